The first-order chi connectivity index (χ1) is 7.59. The summed E-state index contributed by atoms with van der Waals surface area (Å²) in [7, 11) is 0. The van der Waals surface area contributed by atoms with Gasteiger partial charge in [-0.2, -0.15) is 0 Å². The molecule has 0 fully saturated rings. The van der Waals surface area contributed by atoms with E-state index in [-0.39, 0.29) is 5.56 Å². The number of allylic oxidation sites excluding steroid dienone is 3. The van der Waals surface area contributed by atoms with Gasteiger partial charge in [-0.05, 0) is 36.5 Å². The fourth-order valence-electron chi connectivity index (χ4n) is 1.87. The van der Waals surface area contributed by atoms with E-state index in [1.54, 1.807) is 0 Å². The smallest absolute Gasteiger partial charge is 0.161 e. The lowest BCUT2D eigenvalue weighted by molar-refractivity contribution is 0.493. The quantitative estimate of drug-likeness (QED) is 0.626. The minimum Gasteiger partial charge on any atom is -0.206 e. The molecule has 0 spiro atoms. The number of halogens is 3. The Morgan fingerprint density at radius 1 is 1.00 bits per heavy atom. The molecule has 3 heteroatoms. The molecule has 0 amide bonds. The molecule has 1 aromatic rings. The van der Waals surface area contributed by atoms with E-state index < -0.39 is 17.5 Å². The van der Waals surface area contributed by atoms with E-state index in [0.29, 0.717) is 11.6 Å². The molecule has 0 saturated heterocycles. The largest absolute Gasteiger partial charge is 0.206 e. The van der Waals surface area contributed by atoms with Gasteiger partial charge in [0, 0.05) is 11.6 Å². The van der Waals surface area contributed by atoms with Crippen molar-refractivity contribution in [2.24, 2.45) is 0 Å². The highest BCUT2D eigenvalue weighted by atomic mass is 19.2. The topological polar surface area (TPSA) is 0 Å². The van der Waals surface area contributed by atoms with Gasteiger partial charge < -0.3 is 0 Å². The average Bonchev–Trinajstić information content (AvgIpc) is 2.25. The third kappa shape index (κ3) is 1.90. The second kappa shape index (κ2) is 4.16. The maximum Gasteiger partial charge on any atom is 0.161 e. The maximum absolute atomic E-state index is 13.5. The van der Waals surface area contributed by atoms with Crippen molar-refractivity contribution < 1.29 is 13.2 Å². The van der Waals surface area contributed by atoms with Crippen molar-refractivity contribution in [1.29, 1.82) is 0 Å². The standard InChI is InChI=1S/C13H11F3/c1-8-4-2-3-5-9(8)10-6-12(15)13(16)7-11(10)14/h5-7H,1-4H2. The molecule has 1 aromatic carbocycles. The summed E-state index contributed by atoms with van der Waals surface area (Å²) in [6.07, 6.45) is 4.37. The van der Waals surface area contributed by atoms with E-state index in [2.05, 4.69) is 6.58 Å². The molecule has 1 aliphatic carbocycles. The molecule has 84 valence electrons. The van der Waals surface area contributed by atoms with Gasteiger partial charge in [-0.15, -0.1) is 0 Å². The third-order valence-corrected chi connectivity index (χ3v) is 2.71. The predicted molar refractivity (Wildman–Crippen MR) is 57.3 cm³/mol. The molecular formula is C13H11F3. The van der Waals surface area contributed by atoms with E-state index >= 15 is 0 Å². The molecule has 0 bridgehead atoms. The summed E-state index contributed by atoms with van der Waals surface area (Å²) < 4.78 is 39.3. The molecule has 0 unspecified atom stereocenters. The fourth-order valence-corrected chi connectivity index (χ4v) is 1.87. The van der Waals surface area contributed by atoms with Gasteiger partial charge in [0.2, 0.25) is 0 Å². The van der Waals surface area contributed by atoms with E-state index in [9.17, 15) is 13.2 Å². The zero-order chi connectivity index (χ0) is 11.7. The van der Waals surface area contributed by atoms with Crippen LogP contribution in [-0.4, -0.2) is 0 Å². The highest BCUT2D eigenvalue weighted by molar-refractivity contribution is 5.79. The Hall–Kier alpha value is -1.51. The summed E-state index contributed by atoms with van der Waals surface area (Å²) in [5.41, 5.74) is 1.47. The predicted octanol–water partition coefficient (Wildman–Crippen LogP) is 4.23. The summed E-state index contributed by atoms with van der Waals surface area (Å²) in [5.74, 6) is -2.94. The Balaban J connectivity index is 2.51. The zero-order valence-electron chi connectivity index (χ0n) is 8.69. The van der Waals surface area contributed by atoms with Crippen molar-refractivity contribution >= 4 is 5.57 Å². The van der Waals surface area contributed by atoms with Gasteiger partial charge in [-0.25, -0.2) is 13.2 Å². The van der Waals surface area contributed by atoms with E-state index in [4.69, 9.17) is 0 Å². The van der Waals surface area contributed by atoms with E-state index in [1.165, 1.54) is 0 Å². The molecule has 0 atom stereocenters. The zero-order valence-corrected chi connectivity index (χ0v) is 8.69. The van der Waals surface area contributed by atoms with Crippen LogP contribution in [0, 0.1) is 17.5 Å². The minimum atomic E-state index is -1.16. The molecule has 0 aliphatic heterocycles. The van der Waals surface area contributed by atoms with Crippen molar-refractivity contribution in [2.45, 2.75) is 19.3 Å². The Kier molecular flexibility index (Phi) is 2.86. The summed E-state index contributed by atoms with van der Waals surface area (Å²) in [4.78, 5) is 0. The molecular weight excluding hydrogens is 213 g/mol. The Labute approximate surface area is 92.1 Å². The minimum absolute atomic E-state index is 0.101. The lowest BCUT2D eigenvalue weighted by atomic mass is 9.89. The van der Waals surface area contributed by atoms with Gasteiger partial charge in [0.1, 0.15) is 5.82 Å². The normalized spacial score (nSPS) is 16.2. The van der Waals surface area contributed by atoms with Gasteiger partial charge >= 0.3 is 0 Å². The number of rotatable bonds is 1. The van der Waals surface area contributed by atoms with Crippen molar-refractivity contribution in [1.82, 2.24) is 0 Å². The van der Waals surface area contributed by atoms with Crippen LogP contribution >= 0.6 is 0 Å². The van der Waals surface area contributed by atoms with Crippen LogP contribution in [0.1, 0.15) is 24.8 Å². The SMILES string of the molecule is C=C1CCCC=C1c1cc(F)c(F)cc1F. The Bertz CT molecular complexity index is 472. The Morgan fingerprint density at radius 2 is 1.69 bits per heavy atom. The first-order valence-corrected chi connectivity index (χ1v) is 5.13. The van der Waals surface area contributed by atoms with E-state index in [1.807, 2.05) is 6.08 Å². The van der Waals surface area contributed by atoms with Crippen molar-refractivity contribution in [3.8, 4) is 0 Å². The lowest BCUT2D eigenvalue weighted by Gasteiger charge is -2.16. The molecule has 0 aromatic heterocycles. The first kappa shape index (κ1) is 11.0. The van der Waals surface area contributed by atoms with Gasteiger partial charge in [0.05, 0.1) is 0 Å². The molecule has 2 rings (SSSR count). The number of hydrogen-bond acceptors (Lipinski definition) is 0. The second-order valence-electron chi connectivity index (χ2n) is 3.86. The van der Waals surface area contributed by atoms with Crippen LogP contribution in [0.5, 0.6) is 0 Å². The Morgan fingerprint density at radius 3 is 2.38 bits per heavy atom. The molecule has 0 nitrogen and oxygen atoms in total. The second-order valence-corrected chi connectivity index (χ2v) is 3.86. The summed E-state index contributed by atoms with van der Waals surface area (Å²) in [5, 5.41) is 0. The monoisotopic (exact) mass is 224 g/mol. The lowest BCUT2D eigenvalue weighted by Crippen LogP contribution is -2.00. The van der Waals surface area contributed by atoms with Gasteiger partial charge in [0.25, 0.3) is 0 Å². The van der Waals surface area contributed by atoms with Crippen LogP contribution in [0.2, 0.25) is 0 Å². The van der Waals surface area contributed by atoms with Crippen molar-refractivity contribution in [2.75, 3.05) is 0 Å². The van der Waals surface area contributed by atoms with Crippen LogP contribution < -0.4 is 0 Å². The summed E-state index contributed by atoms with van der Waals surface area (Å²) in [6.45, 7) is 3.81. The van der Waals surface area contributed by atoms with Crippen LogP contribution in [0.4, 0.5) is 13.2 Å². The van der Waals surface area contributed by atoms with Crippen molar-refractivity contribution in [3.63, 3.8) is 0 Å². The molecule has 0 heterocycles. The van der Waals surface area contributed by atoms with Crippen LogP contribution in [0.25, 0.3) is 5.57 Å². The van der Waals surface area contributed by atoms with Crippen LogP contribution in [0.15, 0.2) is 30.4 Å². The third-order valence-electron chi connectivity index (χ3n) is 2.71. The van der Waals surface area contributed by atoms with Crippen LogP contribution in [-0.2, 0) is 0 Å². The molecule has 0 radical (unpaired) electrons. The van der Waals surface area contributed by atoms with Gasteiger partial charge in [0.15, 0.2) is 11.6 Å². The van der Waals surface area contributed by atoms with Crippen LogP contribution in [0.3, 0.4) is 0 Å². The molecule has 0 saturated carbocycles. The van der Waals surface area contributed by atoms with Crippen molar-refractivity contribution in [3.05, 3.63) is 53.4 Å². The summed E-state index contributed by atoms with van der Waals surface area (Å²) >= 11 is 0. The number of hydrogen-bond donors (Lipinski definition) is 0. The number of benzene rings is 1. The maximum atomic E-state index is 13.5. The van der Waals surface area contributed by atoms with E-state index in [0.717, 1.165) is 30.9 Å². The van der Waals surface area contributed by atoms with Gasteiger partial charge in [-0.3, -0.25) is 0 Å². The molecule has 0 N–H and O–H groups in total. The highest BCUT2D eigenvalue weighted by Crippen LogP contribution is 2.32. The highest BCUT2D eigenvalue weighted by Gasteiger charge is 2.17. The summed E-state index contributed by atoms with van der Waals surface area (Å²) in [6, 6.07) is 1.47. The average molecular weight is 224 g/mol. The van der Waals surface area contributed by atoms with Gasteiger partial charge in [-0.1, -0.05) is 12.7 Å². The molecule has 1 aliphatic rings. The molecule has 16 heavy (non-hydrogen) atoms. The fraction of sp³-hybridized carbons (Fsp3) is 0.231. The first-order valence-electron chi connectivity index (χ1n) is 5.13.